The molecule has 0 bridgehead atoms. The van der Waals surface area contributed by atoms with Crippen molar-refractivity contribution in [1.82, 2.24) is 30.5 Å². The number of amides is 1. The van der Waals surface area contributed by atoms with Gasteiger partial charge in [-0.25, -0.2) is 4.68 Å². The molecule has 0 atom stereocenters. The zero-order valence-electron chi connectivity index (χ0n) is 15.0. The second-order valence-corrected chi connectivity index (χ2v) is 6.84. The molecule has 1 aliphatic carbocycles. The van der Waals surface area contributed by atoms with Crippen LogP contribution in [0.4, 0.5) is 0 Å². The molecule has 0 saturated heterocycles. The highest BCUT2D eigenvalue weighted by atomic mass is 16.5. The van der Waals surface area contributed by atoms with Crippen molar-refractivity contribution >= 4 is 16.8 Å². The molecule has 1 amide bonds. The average molecular weight is 366 g/mol. The Morgan fingerprint density at radius 3 is 2.93 bits per heavy atom. The van der Waals surface area contributed by atoms with E-state index >= 15 is 0 Å². The third-order valence-corrected chi connectivity index (χ3v) is 4.88. The quantitative estimate of drug-likeness (QED) is 0.718. The zero-order chi connectivity index (χ0) is 18.5. The van der Waals surface area contributed by atoms with E-state index in [4.69, 9.17) is 4.74 Å². The Morgan fingerprint density at radius 2 is 2.11 bits per heavy atom. The fourth-order valence-corrected chi connectivity index (χ4v) is 3.44. The van der Waals surface area contributed by atoms with Crippen LogP contribution in [0.5, 0.6) is 5.75 Å². The van der Waals surface area contributed by atoms with Gasteiger partial charge in [0.15, 0.2) is 0 Å². The van der Waals surface area contributed by atoms with Crippen LogP contribution >= 0.6 is 0 Å². The van der Waals surface area contributed by atoms with Gasteiger partial charge < -0.3 is 10.1 Å². The normalized spacial score (nSPS) is 19.7. The van der Waals surface area contributed by atoms with Gasteiger partial charge in [-0.1, -0.05) is 6.07 Å². The number of fused-ring (bicyclic) bond motifs is 1. The fraction of sp³-hybridized carbons (Fsp3) is 0.421. The molecule has 140 valence electrons. The second kappa shape index (κ2) is 8.11. The molecule has 1 fully saturated rings. The monoisotopic (exact) mass is 366 g/mol. The molecule has 0 radical (unpaired) electrons. The first-order chi connectivity index (χ1) is 13.3. The van der Waals surface area contributed by atoms with E-state index < -0.39 is 0 Å². The minimum absolute atomic E-state index is 0.0388. The highest BCUT2D eigenvalue weighted by Gasteiger charge is 2.23. The lowest BCUT2D eigenvalue weighted by Crippen LogP contribution is -2.40. The van der Waals surface area contributed by atoms with E-state index in [1.807, 2.05) is 30.3 Å². The standard InChI is InChI=1S/C19H22N6O2/c26-19(9-11-25-13-21-23-24-25)22-15-3-5-16(6-4-15)27-17-7-8-18-14(12-17)2-1-10-20-18/h1-2,7-8,10,12-13,15-16H,3-6,9,11H2,(H,22,26). The van der Waals surface area contributed by atoms with E-state index in [-0.39, 0.29) is 18.1 Å². The molecule has 0 aliphatic heterocycles. The molecule has 3 aromatic rings. The van der Waals surface area contributed by atoms with Gasteiger partial charge in [0.1, 0.15) is 12.1 Å². The number of hydrogen-bond donors (Lipinski definition) is 1. The van der Waals surface area contributed by atoms with Crippen LogP contribution in [-0.4, -0.2) is 43.2 Å². The largest absolute Gasteiger partial charge is 0.490 e. The van der Waals surface area contributed by atoms with Crippen molar-refractivity contribution < 1.29 is 9.53 Å². The summed E-state index contributed by atoms with van der Waals surface area (Å²) in [6.45, 7) is 0.494. The van der Waals surface area contributed by atoms with Crippen LogP contribution in [0.15, 0.2) is 42.9 Å². The lowest BCUT2D eigenvalue weighted by atomic mass is 9.93. The van der Waals surface area contributed by atoms with Gasteiger partial charge in [0, 0.05) is 24.0 Å². The molecular formula is C19H22N6O2. The fourth-order valence-electron chi connectivity index (χ4n) is 3.44. The summed E-state index contributed by atoms with van der Waals surface area (Å²) in [6.07, 6.45) is 7.60. The van der Waals surface area contributed by atoms with E-state index in [2.05, 4.69) is 25.8 Å². The number of aryl methyl sites for hydroxylation is 1. The number of hydrogen-bond acceptors (Lipinski definition) is 6. The Morgan fingerprint density at radius 1 is 1.22 bits per heavy atom. The molecule has 0 unspecified atom stereocenters. The summed E-state index contributed by atoms with van der Waals surface area (Å²) >= 11 is 0. The first-order valence-electron chi connectivity index (χ1n) is 9.28. The predicted octanol–water partition coefficient (Wildman–Crippen LogP) is 2.12. The topological polar surface area (TPSA) is 94.8 Å². The number of carbonyl (C=O) groups excluding carboxylic acids is 1. The van der Waals surface area contributed by atoms with Crippen LogP contribution < -0.4 is 10.1 Å². The van der Waals surface area contributed by atoms with Gasteiger partial charge in [-0.15, -0.1) is 5.10 Å². The van der Waals surface area contributed by atoms with Gasteiger partial charge in [-0.3, -0.25) is 9.78 Å². The maximum Gasteiger partial charge on any atom is 0.222 e. The van der Waals surface area contributed by atoms with Crippen LogP contribution in [0, 0.1) is 0 Å². The smallest absolute Gasteiger partial charge is 0.222 e. The number of aromatic nitrogens is 5. The van der Waals surface area contributed by atoms with E-state index in [0.29, 0.717) is 13.0 Å². The summed E-state index contributed by atoms with van der Waals surface area (Å²) in [7, 11) is 0. The predicted molar refractivity (Wildman–Crippen MR) is 99.0 cm³/mol. The maximum atomic E-state index is 12.1. The van der Waals surface area contributed by atoms with E-state index in [9.17, 15) is 4.79 Å². The van der Waals surface area contributed by atoms with Gasteiger partial charge in [0.05, 0.1) is 18.2 Å². The molecular weight excluding hydrogens is 344 g/mol. The lowest BCUT2D eigenvalue weighted by molar-refractivity contribution is -0.122. The molecule has 1 N–H and O–H groups in total. The lowest BCUT2D eigenvalue weighted by Gasteiger charge is -2.29. The van der Waals surface area contributed by atoms with Crippen molar-refractivity contribution in [1.29, 1.82) is 0 Å². The minimum Gasteiger partial charge on any atom is -0.490 e. The maximum absolute atomic E-state index is 12.1. The molecule has 1 aliphatic rings. The van der Waals surface area contributed by atoms with Gasteiger partial charge in [0.25, 0.3) is 0 Å². The minimum atomic E-state index is 0.0388. The van der Waals surface area contributed by atoms with Crippen molar-refractivity contribution in [3.05, 3.63) is 42.9 Å². The number of rotatable bonds is 6. The SMILES string of the molecule is O=C(CCn1cnnn1)NC1CCC(Oc2ccc3ncccc3c2)CC1. The molecule has 2 aromatic heterocycles. The first kappa shape index (κ1) is 17.4. The van der Waals surface area contributed by atoms with E-state index in [1.165, 1.54) is 6.33 Å². The van der Waals surface area contributed by atoms with Crippen molar-refractivity contribution in [2.75, 3.05) is 0 Å². The Labute approximate surface area is 156 Å². The van der Waals surface area contributed by atoms with Crippen molar-refractivity contribution in [3.8, 4) is 5.75 Å². The Kier molecular flexibility index (Phi) is 5.22. The molecule has 8 heteroatoms. The van der Waals surface area contributed by atoms with Gasteiger partial charge in [0.2, 0.25) is 5.91 Å². The number of nitrogens with zero attached hydrogens (tertiary/aromatic N) is 5. The summed E-state index contributed by atoms with van der Waals surface area (Å²) in [5, 5.41) is 15.1. The summed E-state index contributed by atoms with van der Waals surface area (Å²) in [6, 6.07) is 10.2. The highest BCUT2D eigenvalue weighted by Crippen LogP contribution is 2.26. The van der Waals surface area contributed by atoms with Gasteiger partial charge in [-0.2, -0.15) is 0 Å². The number of ether oxygens (including phenoxy) is 1. The Bertz CT molecular complexity index is 890. The van der Waals surface area contributed by atoms with E-state index in [0.717, 1.165) is 42.3 Å². The number of pyridine rings is 1. The van der Waals surface area contributed by atoms with Crippen molar-refractivity contribution in [3.63, 3.8) is 0 Å². The van der Waals surface area contributed by atoms with Crippen molar-refractivity contribution in [2.24, 2.45) is 0 Å². The Balaban J connectivity index is 1.23. The Hall–Kier alpha value is -3.03. The zero-order valence-corrected chi connectivity index (χ0v) is 15.0. The summed E-state index contributed by atoms with van der Waals surface area (Å²) in [5.41, 5.74) is 0.970. The first-order valence-corrected chi connectivity index (χ1v) is 9.28. The second-order valence-electron chi connectivity index (χ2n) is 6.84. The number of benzene rings is 1. The summed E-state index contributed by atoms with van der Waals surface area (Å²) < 4.78 is 7.71. The molecule has 4 rings (SSSR count). The third kappa shape index (κ3) is 4.58. The summed E-state index contributed by atoms with van der Waals surface area (Å²) in [4.78, 5) is 16.4. The molecule has 0 spiro atoms. The highest BCUT2D eigenvalue weighted by molar-refractivity contribution is 5.79. The van der Waals surface area contributed by atoms with Crippen LogP contribution in [0.1, 0.15) is 32.1 Å². The van der Waals surface area contributed by atoms with Crippen LogP contribution in [0.2, 0.25) is 0 Å². The molecule has 27 heavy (non-hydrogen) atoms. The molecule has 8 nitrogen and oxygen atoms in total. The van der Waals surface area contributed by atoms with Gasteiger partial charge >= 0.3 is 0 Å². The van der Waals surface area contributed by atoms with Crippen molar-refractivity contribution in [2.45, 2.75) is 50.8 Å². The van der Waals surface area contributed by atoms with Gasteiger partial charge in [-0.05, 0) is 60.4 Å². The summed E-state index contributed by atoms with van der Waals surface area (Å²) in [5.74, 6) is 0.918. The van der Waals surface area contributed by atoms with Crippen LogP contribution in [0.25, 0.3) is 10.9 Å². The molecule has 2 heterocycles. The number of carbonyl (C=O) groups is 1. The van der Waals surface area contributed by atoms with Crippen LogP contribution in [0.3, 0.4) is 0 Å². The molecule has 1 aromatic carbocycles. The average Bonchev–Trinajstić information content (AvgIpc) is 3.22. The number of nitrogens with one attached hydrogen (secondary N) is 1. The third-order valence-electron chi connectivity index (χ3n) is 4.88. The van der Waals surface area contributed by atoms with Crippen LogP contribution in [-0.2, 0) is 11.3 Å². The molecule has 1 saturated carbocycles. The number of tetrazole rings is 1. The van der Waals surface area contributed by atoms with E-state index in [1.54, 1.807) is 10.9 Å².